The van der Waals surface area contributed by atoms with Gasteiger partial charge in [-0.15, -0.1) is 0 Å². The summed E-state index contributed by atoms with van der Waals surface area (Å²) in [4.78, 5) is 0. The molecular formula is C13H28O2. The van der Waals surface area contributed by atoms with Crippen molar-refractivity contribution in [1.82, 2.24) is 0 Å². The maximum absolute atomic E-state index is 5.48. The molecule has 0 N–H and O–H groups in total. The van der Waals surface area contributed by atoms with Crippen LogP contribution in [0.5, 0.6) is 0 Å². The van der Waals surface area contributed by atoms with E-state index in [-0.39, 0.29) is 0 Å². The molecule has 0 amide bonds. The molecule has 0 aliphatic rings. The molecule has 0 aromatic carbocycles. The highest BCUT2D eigenvalue weighted by Gasteiger charge is 1.91. The molecule has 0 rings (SSSR count). The summed E-state index contributed by atoms with van der Waals surface area (Å²) in [5.41, 5.74) is 0. The quantitative estimate of drug-likeness (QED) is 0.462. The average molecular weight is 216 g/mol. The Bertz CT molecular complexity index is 92.7. The smallest absolute Gasteiger partial charge is 0.0487 e. The number of hydrogen-bond donors (Lipinski definition) is 0. The van der Waals surface area contributed by atoms with Gasteiger partial charge in [-0.05, 0) is 12.8 Å². The molecule has 2 heteroatoms. The van der Waals surface area contributed by atoms with Crippen LogP contribution in [0.15, 0.2) is 0 Å². The fourth-order valence-corrected chi connectivity index (χ4v) is 1.57. The molecule has 2 nitrogen and oxygen atoms in total. The molecular weight excluding hydrogens is 188 g/mol. The molecule has 0 spiro atoms. The Hall–Kier alpha value is -0.0800. The lowest BCUT2D eigenvalue weighted by Gasteiger charge is -2.03. The van der Waals surface area contributed by atoms with Crippen molar-refractivity contribution in [2.75, 3.05) is 26.9 Å². The molecule has 0 saturated heterocycles. The summed E-state index contributed by atoms with van der Waals surface area (Å²) in [6.07, 6.45) is 10.5. The largest absolute Gasteiger partial charge is 0.385 e. The number of methoxy groups -OCH3 is 1. The molecule has 0 aliphatic carbocycles. The van der Waals surface area contributed by atoms with Crippen LogP contribution >= 0.6 is 0 Å². The van der Waals surface area contributed by atoms with Crippen molar-refractivity contribution in [2.45, 2.75) is 58.3 Å². The maximum atomic E-state index is 5.48. The first-order valence-electron chi connectivity index (χ1n) is 6.48. The fourth-order valence-electron chi connectivity index (χ4n) is 1.57. The third-order valence-electron chi connectivity index (χ3n) is 2.53. The Morgan fingerprint density at radius 1 is 0.667 bits per heavy atom. The summed E-state index contributed by atoms with van der Waals surface area (Å²) in [6.45, 7) is 4.85. The number of ether oxygens (including phenoxy) is 2. The Labute approximate surface area is 95.3 Å². The molecule has 0 unspecified atom stereocenters. The zero-order valence-corrected chi connectivity index (χ0v) is 10.6. The minimum Gasteiger partial charge on any atom is -0.385 e. The lowest BCUT2D eigenvalue weighted by molar-refractivity contribution is 0.100. The van der Waals surface area contributed by atoms with Crippen LogP contribution in [0.4, 0.5) is 0 Å². The Kier molecular flexibility index (Phi) is 13.8. The minimum atomic E-state index is 0.816. The van der Waals surface area contributed by atoms with Gasteiger partial charge >= 0.3 is 0 Å². The number of unbranched alkanes of at least 4 members (excludes halogenated alkanes) is 6. The van der Waals surface area contributed by atoms with E-state index in [1.165, 1.54) is 44.9 Å². The van der Waals surface area contributed by atoms with Gasteiger partial charge in [-0.25, -0.2) is 0 Å². The molecule has 0 atom stereocenters. The van der Waals surface area contributed by atoms with Crippen LogP contribution in [0, 0.1) is 0 Å². The van der Waals surface area contributed by atoms with Crippen molar-refractivity contribution in [3.8, 4) is 0 Å². The fraction of sp³-hybridized carbons (Fsp3) is 1.00. The SMILES string of the molecule is CCCCCCCCCOCCCOC. The highest BCUT2D eigenvalue weighted by Crippen LogP contribution is 2.06. The molecule has 15 heavy (non-hydrogen) atoms. The van der Waals surface area contributed by atoms with E-state index in [1.807, 2.05) is 0 Å². The molecule has 0 heterocycles. The van der Waals surface area contributed by atoms with Gasteiger partial charge in [0, 0.05) is 26.9 Å². The van der Waals surface area contributed by atoms with E-state index in [9.17, 15) is 0 Å². The van der Waals surface area contributed by atoms with E-state index >= 15 is 0 Å². The standard InChI is InChI=1S/C13H28O2/c1-3-4-5-6-7-8-9-12-15-13-10-11-14-2/h3-13H2,1-2H3. The molecule has 0 aromatic rings. The zero-order valence-electron chi connectivity index (χ0n) is 10.6. The van der Waals surface area contributed by atoms with Crippen molar-refractivity contribution in [3.63, 3.8) is 0 Å². The van der Waals surface area contributed by atoms with Gasteiger partial charge in [0.15, 0.2) is 0 Å². The van der Waals surface area contributed by atoms with Gasteiger partial charge in [-0.3, -0.25) is 0 Å². The highest BCUT2D eigenvalue weighted by molar-refractivity contribution is 4.44. The van der Waals surface area contributed by atoms with Gasteiger partial charge in [0.2, 0.25) is 0 Å². The van der Waals surface area contributed by atoms with E-state index in [0.29, 0.717) is 0 Å². The van der Waals surface area contributed by atoms with E-state index in [0.717, 1.165) is 26.2 Å². The first-order chi connectivity index (χ1) is 7.41. The Morgan fingerprint density at radius 2 is 1.27 bits per heavy atom. The van der Waals surface area contributed by atoms with Gasteiger partial charge in [0.1, 0.15) is 0 Å². The summed E-state index contributed by atoms with van der Waals surface area (Å²) < 4.78 is 10.4. The summed E-state index contributed by atoms with van der Waals surface area (Å²) in [7, 11) is 1.73. The van der Waals surface area contributed by atoms with Gasteiger partial charge in [0.25, 0.3) is 0 Å². The van der Waals surface area contributed by atoms with Crippen molar-refractivity contribution in [2.24, 2.45) is 0 Å². The lowest BCUT2D eigenvalue weighted by Crippen LogP contribution is -2.00. The van der Waals surface area contributed by atoms with Crippen LogP contribution in [-0.4, -0.2) is 26.9 Å². The van der Waals surface area contributed by atoms with Gasteiger partial charge in [-0.1, -0.05) is 45.4 Å². The lowest BCUT2D eigenvalue weighted by atomic mass is 10.1. The topological polar surface area (TPSA) is 18.5 Å². The average Bonchev–Trinajstić information content (AvgIpc) is 2.26. The third-order valence-corrected chi connectivity index (χ3v) is 2.53. The van der Waals surface area contributed by atoms with E-state index in [2.05, 4.69) is 6.92 Å². The molecule has 0 saturated carbocycles. The molecule has 0 aromatic heterocycles. The van der Waals surface area contributed by atoms with E-state index in [1.54, 1.807) is 7.11 Å². The van der Waals surface area contributed by atoms with Gasteiger partial charge in [0.05, 0.1) is 0 Å². The predicted octanol–water partition coefficient (Wildman–Crippen LogP) is 3.79. The first kappa shape index (κ1) is 14.9. The second kappa shape index (κ2) is 13.9. The van der Waals surface area contributed by atoms with E-state index < -0.39 is 0 Å². The van der Waals surface area contributed by atoms with Crippen molar-refractivity contribution < 1.29 is 9.47 Å². The summed E-state index contributed by atoms with van der Waals surface area (Å²) in [5, 5.41) is 0. The van der Waals surface area contributed by atoms with Gasteiger partial charge < -0.3 is 9.47 Å². The monoisotopic (exact) mass is 216 g/mol. The summed E-state index contributed by atoms with van der Waals surface area (Å²) in [6, 6.07) is 0. The van der Waals surface area contributed by atoms with Crippen molar-refractivity contribution in [3.05, 3.63) is 0 Å². The second-order valence-corrected chi connectivity index (χ2v) is 4.08. The Morgan fingerprint density at radius 3 is 1.93 bits per heavy atom. The molecule has 0 aliphatic heterocycles. The molecule has 92 valence electrons. The summed E-state index contributed by atoms with van der Waals surface area (Å²) in [5.74, 6) is 0. The maximum Gasteiger partial charge on any atom is 0.0487 e. The normalized spacial score (nSPS) is 10.8. The van der Waals surface area contributed by atoms with Crippen LogP contribution in [0.3, 0.4) is 0 Å². The highest BCUT2D eigenvalue weighted by atomic mass is 16.5. The Balaban J connectivity index is 2.81. The van der Waals surface area contributed by atoms with Crippen molar-refractivity contribution >= 4 is 0 Å². The minimum absolute atomic E-state index is 0.816. The van der Waals surface area contributed by atoms with Crippen LogP contribution in [-0.2, 0) is 9.47 Å². The van der Waals surface area contributed by atoms with Crippen LogP contribution < -0.4 is 0 Å². The first-order valence-corrected chi connectivity index (χ1v) is 6.48. The van der Waals surface area contributed by atoms with E-state index in [4.69, 9.17) is 9.47 Å². The molecule has 0 bridgehead atoms. The predicted molar refractivity (Wildman–Crippen MR) is 65.3 cm³/mol. The third kappa shape index (κ3) is 13.9. The zero-order chi connectivity index (χ0) is 11.2. The van der Waals surface area contributed by atoms with Gasteiger partial charge in [-0.2, -0.15) is 0 Å². The summed E-state index contributed by atoms with van der Waals surface area (Å²) >= 11 is 0. The van der Waals surface area contributed by atoms with Crippen LogP contribution in [0.25, 0.3) is 0 Å². The number of rotatable bonds is 12. The second-order valence-electron chi connectivity index (χ2n) is 4.08. The van der Waals surface area contributed by atoms with Crippen LogP contribution in [0.2, 0.25) is 0 Å². The van der Waals surface area contributed by atoms with Crippen LogP contribution in [0.1, 0.15) is 58.3 Å². The molecule has 0 fully saturated rings. The molecule has 0 radical (unpaired) electrons. The number of hydrogen-bond acceptors (Lipinski definition) is 2. The van der Waals surface area contributed by atoms with Crippen molar-refractivity contribution in [1.29, 1.82) is 0 Å².